The molecule has 1 aromatic carbocycles. The summed E-state index contributed by atoms with van der Waals surface area (Å²) in [5, 5.41) is 0. The van der Waals surface area contributed by atoms with Gasteiger partial charge in [-0.25, -0.2) is 0 Å². The van der Waals surface area contributed by atoms with Crippen LogP contribution in [0.5, 0.6) is 0 Å². The summed E-state index contributed by atoms with van der Waals surface area (Å²) in [6.45, 7) is 3.65. The molecule has 0 spiro atoms. The van der Waals surface area contributed by atoms with Gasteiger partial charge in [-0.05, 0) is 18.2 Å². The van der Waals surface area contributed by atoms with Crippen molar-refractivity contribution in [3.05, 3.63) is 67.0 Å². The average Bonchev–Trinajstić information content (AvgIpc) is 2.38. The molecule has 1 rings (SSSR count). The minimum absolute atomic E-state index is 0.508. The molecule has 0 aromatic heterocycles. The zero-order chi connectivity index (χ0) is 12.5. The van der Waals surface area contributed by atoms with Gasteiger partial charge in [-0.1, -0.05) is 43.0 Å². The second-order valence-electron chi connectivity index (χ2n) is 3.28. The first-order valence-electron chi connectivity index (χ1n) is 5.23. The summed E-state index contributed by atoms with van der Waals surface area (Å²) in [4.78, 5) is 0.849. The van der Waals surface area contributed by atoms with Crippen LogP contribution in [0.3, 0.4) is 0 Å². The van der Waals surface area contributed by atoms with Crippen LogP contribution in [-0.4, -0.2) is 17.1 Å². The van der Waals surface area contributed by atoms with E-state index in [4.69, 9.17) is 4.74 Å². The Bertz CT molecular complexity index is 433. The van der Waals surface area contributed by atoms with Gasteiger partial charge in [0, 0.05) is 10.6 Å². The monoisotopic (exact) mass is 248 g/mol. The van der Waals surface area contributed by atoms with Gasteiger partial charge >= 0.3 is 0 Å². The molecule has 0 amide bonds. The van der Waals surface area contributed by atoms with Gasteiger partial charge in [-0.15, -0.1) is 0 Å². The van der Waals surface area contributed by atoms with Gasteiger partial charge in [-0.2, -0.15) is 0 Å². The minimum atomic E-state index is -0.974. The van der Waals surface area contributed by atoms with E-state index in [9.17, 15) is 4.21 Å². The molecule has 2 nitrogen and oxygen atoms in total. The van der Waals surface area contributed by atoms with E-state index in [2.05, 4.69) is 6.58 Å². The molecule has 0 aliphatic heterocycles. The van der Waals surface area contributed by atoms with E-state index < -0.39 is 10.8 Å². The van der Waals surface area contributed by atoms with Crippen LogP contribution in [0.1, 0.15) is 0 Å². The molecule has 90 valence electrons. The predicted molar refractivity (Wildman–Crippen MR) is 72.1 cm³/mol. The third-order valence-electron chi connectivity index (χ3n) is 2.05. The van der Waals surface area contributed by atoms with Crippen LogP contribution in [0, 0.1) is 0 Å². The molecular formula is C14H16O2S. The minimum Gasteiger partial charge on any atom is -0.497 e. The van der Waals surface area contributed by atoms with Crippen molar-refractivity contribution in [2.75, 3.05) is 12.9 Å². The molecular weight excluding hydrogens is 232 g/mol. The zero-order valence-electron chi connectivity index (χ0n) is 9.84. The molecule has 1 aromatic rings. The van der Waals surface area contributed by atoms with Crippen molar-refractivity contribution in [1.82, 2.24) is 0 Å². The molecule has 0 heterocycles. The van der Waals surface area contributed by atoms with Gasteiger partial charge in [0.1, 0.15) is 5.76 Å². The molecule has 1 atom stereocenters. The second kappa shape index (κ2) is 7.63. The van der Waals surface area contributed by atoms with E-state index >= 15 is 0 Å². The maximum Gasteiger partial charge on any atom is 0.111 e. The highest BCUT2D eigenvalue weighted by molar-refractivity contribution is 7.85. The van der Waals surface area contributed by atoms with Gasteiger partial charge in [-0.3, -0.25) is 4.21 Å². The van der Waals surface area contributed by atoms with Crippen molar-refractivity contribution in [2.45, 2.75) is 4.90 Å². The fourth-order valence-electron chi connectivity index (χ4n) is 1.12. The lowest BCUT2D eigenvalue weighted by Gasteiger charge is -1.97. The predicted octanol–water partition coefficient (Wildman–Crippen LogP) is 3.07. The lowest BCUT2D eigenvalue weighted by molar-refractivity contribution is 0.309. The fraction of sp³-hybridized carbons (Fsp3) is 0.143. The van der Waals surface area contributed by atoms with Crippen LogP contribution in [-0.2, 0) is 15.5 Å². The van der Waals surface area contributed by atoms with Crippen LogP contribution in [0.15, 0.2) is 71.9 Å². The van der Waals surface area contributed by atoms with Crippen molar-refractivity contribution < 1.29 is 8.95 Å². The summed E-state index contributed by atoms with van der Waals surface area (Å²) in [5.74, 6) is 1.10. The first-order valence-corrected chi connectivity index (χ1v) is 6.55. The van der Waals surface area contributed by atoms with Crippen molar-refractivity contribution >= 4 is 10.8 Å². The van der Waals surface area contributed by atoms with Gasteiger partial charge in [0.15, 0.2) is 0 Å². The standard InChI is InChI=1S/C14H16O2S/c1-13(16-2)9-5-4-8-12-17(15)14-10-6-3-7-11-14/h3-11H,1,12H2,2H3/b8-4+,9-5+. The van der Waals surface area contributed by atoms with Crippen LogP contribution in [0.25, 0.3) is 0 Å². The lowest BCUT2D eigenvalue weighted by atomic mass is 10.4. The van der Waals surface area contributed by atoms with Crippen molar-refractivity contribution in [2.24, 2.45) is 0 Å². The maximum absolute atomic E-state index is 11.8. The topological polar surface area (TPSA) is 26.3 Å². The summed E-state index contributed by atoms with van der Waals surface area (Å²) in [6, 6.07) is 9.42. The molecule has 0 saturated carbocycles. The van der Waals surface area contributed by atoms with Crippen LogP contribution in [0.4, 0.5) is 0 Å². The largest absolute Gasteiger partial charge is 0.497 e. The number of hydrogen-bond donors (Lipinski definition) is 0. The highest BCUT2D eigenvalue weighted by atomic mass is 32.2. The highest BCUT2D eigenvalue weighted by Gasteiger charge is 1.98. The zero-order valence-corrected chi connectivity index (χ0v) is 10.7. The Kier molecular flexibility index (Phi) is 6.04. The van der Waals surface area contributed by atoms with E-state index in [1.165, 1.54) is 0 Å². The summed E-state index contributed by atoms with van der Waals surface area (Å²) in [7, 11) is 0.597. The first kappa shape index (κ1) is 13.5. The Morgan fingerprint density at radius 1 is 1.35 bits per heavy atom. The van der Waals surface area contributed by atoms with Crippen molar-refractivity contribution in [3.8, 4) is 0 Å². The molecule has 0 saturated heterocycles. The van der Waals surface area contributed by atoms with Crippen molar-refractivity contribution in [3.63, 3.8) is 0 Å². The maximum atomic E-state index is 11.8. The van der Waals surface area contributed by atoms with Crippen LogP contribution >= 0.6 is 0 Å². The second-order valence-corrected chi connectivity index (χ2v) is 4.78. The van der Waals surface area contributed by atoms with E-state index in [1.807, 2.05) is 48.6 Å². The number of hydrogen-bond acceptors (Lipinski definition) is 2. The fourth-order valence-corrected chi connectivity index (χ4v) is 2.06. The molecule has 0 bridgehead atoms. The SMILES string of the molecule is C=C(/C=C/C=C/CS(=O)c1ccccc1)OC. The third-order valence-corrected chi connectivity index (χ3v) is 3.34. The summed E-state index contributed by atoms with van der Waals surface area (Å²) in [5.41, 5.74) is 0. The quantitative estimate of drug-likeness (QED) is 0.571. The van der Waals surface area contributed by atoms with Gasteiger partial charge in [0.2, 0.25) is 0 Å². The van der Waals surface area contributed by atoms with E-state index in [0.29, 0.717) is 11.5 Å². The first-order chi connectivity index (χ1) is 8.24. The molecule has 1 unspecified atom stereocenters. The smallest absolute Gasteiger partial charge is 0.111 e. The van der Waals surface area contributed by atoms with E-state index in [1.54, 1.807) is 13.2 Å². The van der Waals surface area contributed by atoms with Gasteiger partial charge in [0.25, 0.3) is 0 Å². The third kappa shape index (κ3) is 5.31. The molecule has 0 fully saturated rings. The molecule has 0 aliphatic rings. The molecule has 0 radical (unpaired) electrons. The number of ether oxygens (including phenoxy) is 1. The highest BCUT2D eigenvalue weighted by Crippen LogP contribution is 2.05. The summed E-state index contributed by atoms with van der Waals surface area (Å²) >= 11 is 0. The number of allylic oxidation sites excluding steroid dienone is 3. The van der Waals surface area contributed by atoms with Gasteiger partial charge in [0.05, 0.1) is 17.9 Å². The molecule has 3 heteroatoms. The number of benzene rings is 1. The lowest BCUT2D eigenvalue weighted by Crippen LogP contribution is -1.94. The Morgan fingerprint density at radius 3 is 2.71 bits per heavy atom. The molecule has 17 heavy (non-hydrogen) atoms. The van der Waals surface area contributed by atoms with Gasteiger partial charge < -0.3 is 4.74 Å². The van der Waals surface area contributed by atoms with Crippen LogP contribution < -0.4 is 0 Å². The number of methoxy groups -OCH3 is 1. The number of rotatable bonds is 6. The van der Waals surface area contributed by atoms with E-state index in [-0.39, 0.29) is 0 Å². The Balaban J connectivity index is 2.41. The molecule has 0 N–H and O–H groups in total. The van der Waals surface area contributed by atoms with Crippen molar-refractivity contribution in [1.29, 1.82) is 0 Å². The Morgan fingerprint density at radius 2 is 2.06 bits per heavy atom. The molecule has 0 aliphatic carbocycles. The van der Waals surface area contributed by atoms with Crippen LogP contribution in [0.2, 0.25) is 0 Å². The normalized spacial score (nSPS) is 13.0. The summed E-state index contributed by atoms with van der Waals surface area (Å²) < 4.78 is 16.7. The Labute approximate surface area is 105 Å². The van der Waals surface area contributed by atoms with E-state index in [0.717, 1.165) is 4.90 Å². The summed E-state index contributed by atoms with van der Waals surface area (Å²) in [6.07, 6.45) is 7.27. The Hall–Kier alpha value is -1.61. The average molecular weight is 248 g/mol.